The number of aliphatic hydroxyl groups is 1. The molecule has 0 saturated heterocycles. The van der Waals surface area contributed by atoms with Crippen LogP contribution in [0.4, 0.5) is 0 Å². The largest absolute Gasteiger partial charge is 0.478 e. The van der Waals surface area contributed by atoms with Crippen molar-refractivity contribution < 1.29 is 15.0 Å². The maximum Gasteiger partial charge on any atom is 0.336 e. The van der Waals surface area contributed by atoms with Gasteiger partial charge < -0.3 is 14.8 Å². The second kappa shape index (κ2) is 8.64. The highest BCUT2D eigenvalue weighted by Crippen LogP contribution is 2.24. The number of carboxylic acids is 1. The molecular formula is C22H24N2O3. The van der Waals surface area contributed by atoms with E-state index in [1.54, 1.807) is 12.1 Å². The van der Waals surface area contributed by atoms with E-state index in [0.29, 0.717) is 23.4 Å². The fraction of sp³-hybridized carbons (Fsp3) is 0.273. The molecule has 0 atom stereocenters. The lowest BCUT2D eigenvalue weighted by molar-refractivity contribution is 0.0697. The van der Waals surface area contributed by atoms with Crippen molar-refractivity contribution >= 4 is 5.97 Å². The van der Waals surface area contributed by atoms with E-state index in [0.717, 1.165) is 36.2 Å². The van der Waals surface area contributed by atoms with Gasteiger partial charge in [-0.1, -0.05) is 55.8 Å². The van der Waals surface area contributed by atoms with Gasteiger partial charge in [0.25, 0.3) is 0 Å². The standard InChI is InChI=1S/C22H24N2O3/c1-2-3-8-21-23-18(15-25)14-24(21)13-16-9-11-17(12-10-16)19-6-4-5-7-20(19)22(26)27/h4-7,9-12,14,25H,2-3,8,13,15H2,1H3,(H,26,27). The van der Waals surface area contributed by atoms with Crippen molar-refractivity contribution in [3.05, 3.63) is 77.4 Å². The van der Waals surface area contributed by atoms with E-state index in [1.807, 2.05) is 42.6 Å². The monoisotopic (exact) mass is 364 g/mol. The van der Waals surface area contributed by atoms with Gasteiger partial charge in [-0.15, -0.1) is 0 Å². The first kappa shape index (κ1) is 18.9. The molecule has 140 valence electrons. The number of imidazole rings is 1. The number of carbonyl (C=O) groups is 1. The first-order valence-corrected chi connectivity index (χ1v) is 9.19. The predicted octanol–water partition coefficient (Wildman–Crippen LogP) is 4.13. The molecule has 2 N–H and O–H groups in total. The third-order valence-corrected chi connectivity index (χ3v) is 4.60. The summed E-state index contributed by atoms with van der Waals surface area (Å²) in [6.07, 6.45) is 4.95. The Bertz CT molecular complexity index is 914. The maximum absolute atomic E-state index is 11.4. The molecule has 27 heavy (non-hydrogen) atoms. The normalized spacial score (nSPS) is 10.9. The van der Waals surface area contributed by atoms with Crippen molar-refractivity contribution in [2.45, 2.75) is 39.3 Å². The third kappa shape index (κ3) is 4.44. The number of benzene rings is 2. The Labute approximate surface area is 158 Å². The molecule has 0 spiro atoms. The average Bonchev–Trinajstić information content (AvgIpc) is 3.08. The molecule has 3 rings (SSSR count). The molecule has 0 bridgehead atoms. The molecule has 1 aromatic heterocycles. The van der Waals surface area contributed by atoms with Gasteiger partial charge in [0.05, 0.1) is 17.9 Å². The molecule has 0 aliphatic heterocycles. The number of aliphatic hydroxyl groups excluding tert-OH is 1. The molecule has 2 aromatic carbocycles. The highest BCUT2D eigenvalue weighted by atomic mass is 16.4. The Hall–Kier alpha value is -2.92. The number of hydrogen-bond donors (Lipinski definition) is 2. The van der Waals surface area contributed by atoms with Gasteiger partial charge in [-0.25, -0.2) is 9.78 Å². The fourth-order valence-electron chi connectivity index (χ4n) is 3.17. The number of aromatic carboxylic acids is 1. The highest BCUT2D eigenvalue weighted by Gasteiger charge is 2.11. The molecule has 1 heterocycles. The van der Waals surface area contributed by atoms with Gasteiger partial charge in [0.2, 0.25) is 0 Å². The minimum absolute atomic E-state index is 0.0585. The van der Waals surface area contributed by atoms with Gasteiger partial charge in [0.1, 0.15) is 5.82 Å². The van der Waals surface area contributed by atoms with Gasteiger partial charge in [0, 0.05) is 19.2 Å². The number of hydrogen-bond acceptors (Lipinski definition) is 3. The van der Waals surface area contributed by atoms with Gasteiger partial charge in [-0.3, -0.25) is 0 Å². The van der Waals surface area contributed by atoms with Crippen molar-refractivity contribution in [3.8, 4) is 11.1 Å². The molecular weight excluding hydrogens is 340 g/mol. The topological polar surface area (TPSA) is 75.4 Å². The summed E-state index contributed by atoms with van der Waals surface area (Å²) in [6, 6.07) is 14.9. The van der Waals surface area contributed by atoms with Crippen LogP contribution < -0.4 is 0 Å². The zero-order chi connectivity index (χ0) is 19.2. The van der Waals surface area contributed by atoms with Crippen LogP contribution in [0.15, 0.2) is 54.7 Å². The van der Waals surface area contributed by atoms with Gasteiger partial charge >= 0.3 is 5.97 Å². The smallest absolute Gasteiger partial charge is 0.336 e. The summed E-state index contributed by atoms with van der Waals surface area (Å²) in [7, 11) is 0. The molecule has 5 nitrogen and oxygen atoms in total. The van der Waals surface area contributed by atoms with Gasteiger partial charge in [-0.2, -0.15) is 0 Å². The van der Waals surface area contributed by atoms with E-state index in [2.05, 4.69) is 16.5 Å². The van der Waals surface area contributed by atoms with Crippen LogP contribution in [0.5, 0.6) is 0 Å². The third-order valence-electron chi connectivity index (χ3n) is 4.60. The molecule has 0 unspecified atom stereocenters. The van der Waals surface area contributed by atoms with E-state index < -0.39 is 5.97 Å². The SMILES string of the molecule is CCCCc1nc(CO)cn1Cc1ccc(-c2ccccc2C(=O)O)cc1. The van der Waals surface area contributed by atoms with Crippen LogP contribution in [-0.4, -0.2) is 25.7 Å². The zero-order valence-corrected chi connectivity index (χ0v) is 15.4. The number of aromatic nitrogens is 2. The number of nitrogens with zero attached hydrogens (tertiary/aromatic N) is 2. The minimum atomic E-state index is -0.926. The fourth-order valence-corrected chi connectivity index (χ4v) is 3.17. The molecule has 0 aliphatic carbocycles. The summed E-state index contributed by atoms with van der Waals surface area (Å²) in [4.78, 5) is 15.9. The summed E-state index contributed by atoms with van der Waals surface area (Å²) < 4.78 is 2.08. The molecule has 0 fully saturated rings. The van der Waals surface area contributed by atoms with E-state index in [-0.39, 0.29) is 6.61 Å². The summed E-state index contributed by atoms with van der Waals surface area (Å²) in [5.74, 6) is 0.0615. The molecule has 5 heteroatoms. The summed E-state index contributed by atoms with van der Waals surface area (Å²) in [6.45, 7) is 2.76. The van der Waals surface area contributed by atoms with Crippen molar-refractivity contribution in [1.29, 1.82) is 0 Å². The summed E-state index contributed by atoms with van der Waals surface area (Å²) in [5.41, 5.74) is 3.68. The minimum Gasteiger partial charge on any atom is -0.478 e. The van der Waals surface area contributed by atoms with Crippen LogP contribution in [0.3, 0.4) is 0 Å². The van der Waals surface area contributed by atoms with Crippen LogP contribution >= 0.6 is 0 Å². The number of carboxylic acid groups (broad SMARTS) is 1. The second-order valence-corrected chi connectivity index (χ2v) is 6.59. The number of unbranched alkanes of at least 4 members (excludes halogenated alkanes) is 1. The highest BCUT2D eigenvalue weighted by molar-refractivity contribution is 5.95. The van der Waals surface area contributed by atoms with E-state index >= 15 is 0 Å². The van der Waals surface area contributed by atoms with Crippen LogP contribution in [0, 0.1) is 0 Å². The first-order chi connectivity index (χ1) is 13.1. The molecule has 0 aliphatic rings. The quantitative estimate of drug-likeness (QED) is 0.630. The van der Waals surface area contributed by atoms with E-state index in [9.17, 15) is 15.0 Å². The Balaban J connectivity index is 1.83. The van der Waals surface area contributed by atoms with Crippen molar-refractivity contribution in [2.24, 2.45) is 0 Å². The lowest BCUT2D eigenvalue weighted by Crippen LogP contribution is -2.04. The summed E-state index contributed by atoms with van der Waals surface area (Å²) in [5, 5.41) is 18.7. The molecule has 0 radical (unpaired) electrons. The lowest BCUT2D eigenvalue weighted by Gasteiger charge is -2.10. The lowest BCUT2D eigenvalue weighted by atomic mass is 9.99. The van der Waals surface area contributed by atoms with Gasteiger partial charge in [-0.05, 0) is 29.2 Å². The first-order valence-electron chi connectivity index (χ1n) is 9.19. The van der Waals surface area contributed by atoms with Crippen LogP contribution in [0.1, 0.15) is 47.2 Å². The van der Waals surface area contributed by atoms with Crippen molar-refractivity contribution in [1.82, 2.24) is 9.55 Å². The Kier molecular flexibility index (Phi) is 6.04. The maximum atomic E-state index is 11.4. The molecule has 0 saturated carbocycles. The Morgan fingerprint density at radius 2 is 1.85 bits per heavy atom. The summed E-state index contributed by atoms with van der Waals surface area (Å²) >= 11 is 0. The average molecular weight is 364 g/mol. The zero-order valence-electron chi connectivity index (χ0n) is 15.4. The van der Waals surface area contributed by atoms with Crippen LogP contribution in [0.2, 0.25) is 0 Å². The number of rotatable bonds is 8. The van der Waals surface area contributed by atoms with Gasteiger partial charge in [0.15, 0.2) is 0 Å². The Morgan fingerprint density at radius 3 is 2.52 bits per heavy atom. The molecule has 3 aromatic rings. The van der Waals surface area contributed by atoms with E-state index in [1.165, 1.54) is 0 Å². The van der Waals surface area contributed by atoms with Crippen LogP contribution in [0.25, 0.3) is 11.1 Å². The van der Waals surface area contributed by atoms with Crippen molar-refractivity contribution in [2.75, 3.05) is 0 Å². The number of aryl methyl sites for hydroxylation is 1. The second-order valence-electron chi connectivity index (χ2n) is 6.59. The Morgan fingerprint density at radius 1 is 1.11 bits per heavy atom. The molecule has 0 amide bonds. The van der Waals surface area contributed by atoms with Crippen molar-refractivity contribution in [3.63, 3.8) is 0 Å². The van der Waals surface area contributed by atoms with Crippen LogP contribution in [-0.2, 0) is 19.6 Å². The predicted molar refractivity (Wildman–Crippen MR) is 105 cm³/mol. The van der Waals surface area contributed by atoms with E-state index in [4.69, 9.17) is 0 Å².